The van der Waals surface area contributed by atoms with Crippen molar-refractivity contribution in [3.63, 3.8) is 0 Å². The summed E-state index contributed by atoms with van der Waals surface area (Å²) in [4.78, 5) is 12.0. The Bertz CT molecular complexity index is 537. The highest BCUT2D eigenvalue weighted by atomic mass is 35.5. The summed E-state index contributed by atoms with van der Waals surface area (Å²) in [6, 6.07) is 3.52. The van der Waals surface area contributed by atoms with Crippen molar-refractivity contribution in [1.82, 2.24) is 15.0 Å². The zero-order chi connectivity index (χ0) is 10.7. The summed E-state index contributed by atoms with van der Waals surface area (Å²) >= 11 is 5.81. The maximum absolute atomic E-state index is 8.33. The Morgan fingerprint density at radius 3 is 3.13 bits per heavy atom. The first-order valence-electron chi connectivity index (χ1n) is 4.08. The Morgan fingerprint density at radius 2 is 2.33 bits per heavy atom. The van der Waals surface area contributed by atoms with E-state index in [1.807, 2.05) is 6.07 Å². The van der Waals surface area contributed by atoms with E-state index < -0.39 is 0 Å². The molecule has 0 amide bonds. The molecule has 2 aromatic heterocycles. The van der Waals surface area contributed by atoms with Gasteiger partial charge in [-0.3, -0.25) is 0 Å². The van der Waals surface area contributed by atoms with Gasteiger partial charge in [0.05, 0.1) is 11.7 Å². The molecule has 0 atom stereocenters. The number of rotatable bonds is 2. The predicted octanol–water partition coefficient (Wildman–Crippen LogP) is 1.58. The average molecular weight is 221 g/mol. The summed E-state index contributed by atoms with van der Waals surface area (Å²) in [5, 5.41) is 8.63. The molecular formula is C9H5ClN4O. The van der Waals surface area contributed by atoms with Crippen LogP contribution in [0.5, 0.6) is 5.88 Å². The molecule has 0 aliphatic heterocycles. The molecule has 0 saturated heterocycles. The number of fused-ring (bicyclic) bond motifs is 1. The second kappa shape index (κ2) is 4.07. The lowest BCUT2D eigenvalue weighted by Gasteiger charge is -2.01. The van der Waals surface area contributed by atoms with Gasteiger partial charge in [0, 0.05) is 6.20 Å². The van der Waals surface area contributed by atoms with Crippen LogP contribution in [-0.4, -0.2) is 21.6 Å². The molecule has 0 fully saturated rings. The number of ether oxygens (including phenoxy) is 1. The van der Waals surface area contributed by atoms with Crippen LogP contribution in [0.15, 0.2) is 18.5 Å². The van der Waals surface area contributed by atoms with E-state index >= 15 is 0 Å². The predicted molar refractivity (Wildman–Crippen MR) is 53.5 cm³/mol. The lowest BCUT2D eigenvalue weighted by atomic mass is 10.4. The Balaban J connectivity index is 2.44. The van der Waals surface area contributed by atoms with Crippen molar-refractivity contribution in [3.05, 3.63) is 23.6 Å². The maximum Gasteiger partial charge on any atom is 0.233 e. The summed E-state index contributed by atoms with van der Waals surface area (Å²) in [5.74, 6) is 0.298. The van der Waals surface area contributed by atoms with E-state index in [9.17, 15) is 0 Å². The van der Waals surface area contributed by atoms with Gasteiger partial charge in [-0.25, -0.2) is 15.0 Å². The van der Waals surface area contributed by atoms with Crippen LogP contribution in [0.2, 0.25) is 5.15 Å². The monoisotopic (exact) mass is 220 g/mol. The summed E-state index contributed by atoms with van der Waals surface area (Å²) in [6.45, 7) is -0.0565. The maximum atomic E-state index is 8.33. The van der Waals surface area contributed by atoms with Gasteiger partial charge in [0.1, 0.15) is 11.6 Å². The van der Waals surface area contributed by atoms with E-state index in [-0.39, 0.29) is 6.61 Å². The number of hydrogen-bond donors (Lipinski definition) is 0. The first-order valence-corrected chi connectivity index (χ1v) is 4.46. The van der Waals surface area contributed by atoms with Crippen LogP contribution in [0, 0.1) is 11.3 Å². The molecule has 0 spiro atoms. The highest BCUT2D eigenvalue weighted by molar-refractivity contribution is 6.33. The zero-order valence-electron chi connectivity index (χ0n) is 7.51. The molecule has 15 heavy (non-hydrogen) atoms. The molecule has 2 aromatic rings. The van der Waals surface area contributed by atoms with Crippen molar-refractivity contribution in [1.29, 1.82) is 5.26 Å². The van der Waals surface area contributed by atoms with Crippen molar-refractivity contribution in [3.8, 4) is 11.9 Å². The van der Waals surface area contributed by atoms with Gasteiger partial charge < -0.3 is 4.74 Å². The van der Waals surface area contributed by atoms with E-state index in [4.69, 9.17) is 21.6 Å². The van der Waals surface area contributed by atoms with E-state index in [2.05, 4.69) is 15.0 Å². The molecule has 0 N–H and O–H groups in total. The molecule has 0 aliphatic rings. The fourth-order valence-electron chi connectivity index (χ4n) is 1.07. The quantitative estimate of drug-likeness (QED) is 0.719. The Hall–Kier alpha value is -1.93. The van der Waals surface area contributed by atoms with Crippen LogP contribution in [-0.2, 0) is 0 Å². The first-order chi connectivity index (χ1) is 7.31. The van der Waals surface area contributed by atoms with Crippen LogP contribution in [0.25, 0.3) is 11.0 Å². The van der Waals surface area contributed by atoms with Gasteiger partial charge in [-0.15, -0.1) is 0 Å². The molecule has 6 heteroatoms. The van der Waals surface area contributed by atoms with E-state index in [0.29, 0.717) is 22.1 Å². The van der Waals surface area contributed by atoms with E-state index in [1.165, 1.54) is 12.4 Å². The molecule has 0 aromatic carbocycles. The summed E-state index contributed by atoms with van der Waals surface area (Å²) < 4.78 is 5.00. The molecular weight excluding hydrogens is 216 g/mol. The van der Waals surface area contributed by atoms with Crippen LogP contribution >= 0.6 is 11.6 Å². The molecule has 0 saturated carbocycles. The highest BCUT2D eigenvalue weighted by Gasteiger charge is 2.04. The lowest BCUT2D eigenvalue weighted by Crippen LogP contribution is -1.97. The van der Waals surface area contributed by atoms with Crippen LogP contribution < -0.4 is 4.74 Å². The van der Waals surface area contributed by atoms with Crippen molar-refractivity contribution in [2.75, 3.05) is 6.61 Å². The second-order valence-electron chi connectivity index (χ2n) is 2.62. The topological polar surface area (TPSA) is 71.7 Å². The van der Waals surface area contributed by atoms with Gasteiger partial charge in [-0.2, -0.15) is 5.26 Å². The SMILES string of the molecule is N#CCOc1cnc2c(Cl)nccc2n1. The molecule has 2 rings (SSSR count). The summed E-state index contributed by atoms with van der Waals surface area (Å²) in [6.07, 6.45) is 2.95. The number of pyridine rings is 1. The van der Waals surface area contributed by atoms with Crippen molar-refractivity contribution < 1.29 is 4.74 Å². The molecule has 0 bridgehead atoms. The number of nitriles is 1. The third-order valence-electron chi connectivity index (χ3n) is 1.68. The van der Waals surface area contributed by atoms with Crippen LogP contribution in [0.1, 0.15) is 0 Å². The van der Waals surface area contributed by atoms with E-state index in [0.717, 1.165) is 0 Å². The number of hydrogen-bond acceptors (Lipinski definition) is 5. The zero-order valence-corrected chi connectivity index (χ0v) is 8.27. The molecule has 74 valence electrons. The summed E-state index contributed by atoms with van der Waals surface area (Å²) in [5.41, 5.74) is 1.11. The van der Waals surface area contributed by atoms with Crippen molar-refractivity contribution in [2.45, 2.75) is 0 Å². The number of nitrogens with zero attached hydrogens (tertiary/aromatic N) is 4. The average Bonchev–Trinajstić information content (AvgIpc) is 2.26. The fraction of sp³-hybridized carbons (Fsp3) is 0.111. The first kappa shape index (κ1) is 9.62. The van der Waals surface area contributed by atoms with Gasteiger partial charge in [0.2, 0.25) is 5.88 Å². The van der Waals surface area contributed by atoms with E-state index in [1.54, 1.807) is 6.07 Å². The Morgan fingerprint density at radius 1 is 1.47 bits per heavy atom. The Kier molecular flexibility index (Phi) is 2.61. The smallest absolute Gasteiger partial charge is 0.233 e. The normalized spacial score (nSPS) is 9.87. The minimum Gasteiger partial charge on any atom is -0.461 e. The third-order valence-corrected chi connectivity index (χ3v) is 1.95. The highest BCUT2D eigenvalue weighted by Crippen LogP contribution is 2.18. The van der Waals surface area contributed by atoms with Gasteiger partial charge in [-0.1, -0.05) is 11.6 Å². The van der Waals surface area contributed by atoms with Crippen molar-refractivity contribution in [2.24, 2.45) is 0 Å². The molecule has 0 unspecified atom stereocenters. The van der Waals surface area contributed by atoms with Gasteiger partial charge in [0.15, 0.2) is 11.8 Å². The second-order valence-corrected chi connectivity index (χ2v) is 2.98. The molecule has 0 radical (unpaired) electrons. The van der Waals surface area contributed by atoms with Gasteiger partial charge in [-0.05, 0) is 6.07 Å². The minimum absolute atomic E-state index is 0.0565. The lowest BCUT2D eigenvalue weighted by molar-refractivity contribution is 0.353. The number of halogens is 1. The molecule has 5 nitrogen and oxygen atoms in total. The molecule has 2 heterocycles. The molecule has 0 aliphatic carbocycles. The largest absolute Gasteiger partial charge is 0.461 e. The minimum atomic E-state index is -0.0565. The standard InChI is InChI=1S/C9H5ClN4O/c10-9-8-6(1-3-12-9)14-7(5-13-8)15-4-2-11/h1,3,5H,4H2. The van der Waals surface area contributed by atoms with Crippen LogP contribution in [0.3, 0.4) is 0 Å². The van der Waals surface area contributed by atoms with Crippen molar-refractivity contribution >= 4 is 22.6 Å². The summed E-state index contributed by atoms with van der Waals surface area (Å²) in [7, 11) is 0. The van der Waals surface area contributed by atoms with Gasteiger partial charge in [0.25, 0.3) is 0 Å². The van der Waals surface area contributed by atoms with Crippen LogP contribution in [0.4, 0.5) is 0 Å². The third kappa shape index (κ3) is 1.95. The Labute approximate surface area is 90.3 Å². The van der Waals surface area contributed by atoms with Gasteiger partial charge >= 0.3 is 0 Å². The number of aromatic nitrogens is 3. The fourth-order valence-corrected chi connectivity index (χ4v) is 1.27.